The normalized spacial score (nSPS) is 15.4. The zero-order chi connectivity index (χ0) is 19.8. The molecule has 0 fully saturated rings. The van der Waals surface area contributed by atoms with Crippen LogP contribution in [0.25, 0.3) is 16.8 Å². The Kier molecular flexibility index (Phi) is 4.17. The van der Waals surface area contributed by atoms with Crippen molar-refractivity contribution in [1.29, 1.82) is 0 Å². The summed E-state index contributed by atoms with van der Waals surface area (Å²) in [5, 5.41) is 7.49. The van der Waals surface area contributed by atoms with Crippen molar-refractivity contribution in [3.63, 3.8) is 0 Å². The lowest BCUT2D eigenvalue weighted by Crippen LogP contribution is -2.20. The Morgan fingerprint density at radius 3 is 2.28 bits per heavy atom. The summed E-state index contributed by atoms with van der Waals surface area (Å²) in [5.74, 6) is -1.21. The van der Waals surface area contributed by atoms with Crippen LogP contribution in [0.1, 0.15) is 17.2 Å². The van der Waals surface area contributed by atoms with E-state index in [0.29, 0.717) is 11.5 Å². The first kappa shape index (κ1) is 17.3. The summed E-state index contributed by atoms with van der Waals surface area (Å²) in [4.78, 5) is 4.25. The average molecular weight is 386 g/mol. The van der Waals surface area contributed by atoms with Gasteiger partial charge in [0.25, 0.3) is 0 Å². The van der Waals surface area contributed by atoms with Crippen LogP contribution >= 0.6 is 0 Å². The number of hydrogen-bond acceptors (Lipinski definition) is 3. The predicted molar refractivity (Wildman–Crippen MR) is 108 cm³/mol. The second-order valence-electron chi connectivity index (χ2n) is 6.80. The Bertz CT molecular complexity index is 1200. The van der Waals surface area contributed by atoms with Crippen LogP contribution in [0.4, 0.5) is 14.7 Å². The standard InChI is InChI=1S/C23H16F2N4/c24-19-11-10-18(12-20(19)25)22-13-21(28-23-26-14-27-29(22)23)17-8-6-16(7-9-17)15-4-2-1-3-5-15/h1-14,22H,(H,26,27,28). The maximum atomic E-state index is 13.8. The van der Waals surface area contributed by atoms with Gasteiger partial charge in [0.15, 0.2) is 11.6 Å². The summed E-state index contributed by atoms with van der Waals surface area (Å²) in [6, 6.07) is 21.8. The van der Waals surface area contributed by atoms with Crippen LogP contribution < -0.4 is 5.32 Å². The Morgan fingerprint density at radius 1 is 0.793 bits per heavy atom. The second kappa shape index (κ2) is 6.98. The highest BCUT2D eigenvalue weighted by Crippen LogP contribution is 2.33. The molecule has 2 heterocycles. The summed E-state index contributed by atoms with van der Waals surface area (Å²) in [6.07, 6.45) is 3.37. The van der Waals surface area contributed by atoms with E-state index >= 15 is 0 Å². The molecule has 0 aliphatic carbocycles. The van der Waals surface area contributed by atoms with E-state index in [1.807, 2.05) is 36.4 Å². The van der Waals surface area contributed by atoms with E-state index in [4.69, 9.17) is 0 Å². The quantitative estimate of drug-likeness (QED) is 0.521. The molecule has 1 N–H and O–H groups in total. The number of anilines is 1. The highest BCUT2D eigenvalue weighted by molar-refractivity contribution is 5.78. The molecule has 29 heavy (non-hydrogen) atoms. The number of nitrogens with one attached hydrogen (secondary N) is 1. The number of hydrogen-bond donors (Lipinski definition) is 1. The van der Waals surface area contributed by atoms with Crippen LogP contribution in [-0.2, 0) is 0 Å². The third kappa shape index (κ3) is 3.18. The molecule has 142 valence electrons. The molecule has 0 amide bonds. The van der Waals surface area contributed by atoms with Crippen molar-refractivity contribution in [1.82, 2.24) is 14.8 Å². The zero-order valence-corrected chi connectivity index (χ0v) is 15.3. The van der Waals surface area contributed by atoms with Crippen LogP contribution in [0.3, 0.4) is 0 Å². The summed E-state index contributed by atoms with van der Waals surface area (Å²) >= 11 is 0. The minimum atomic E-state index is -0.884. The van der Waals surface area contributed by atoms with Crippen molar-refractivity contribution in [2.75, 3.05) is 5.32 Å². The molecule has 1 aliphatic rings. The fourth-order valence-electron chi connectivity index (χ4n) is 3.51. The maximum Gasteiger partial charge on any atom is 0.226 e. The fourth-order valence-corrected chi connectivity index (χ4v) is 3.51. The van der Waals surface area contributed by atoms with Crippen molar-refractivity contribution in [2.24, 2.45) is 0 Å². The molecule has 0 bridgehead atoms. The van der Waals surface area contributed by atoms with Crippen molar-refractivity contribution in [3.8, 4) is 11.1 Å². The van der Waals surface area contributed by atoms with E-state index in [0.717, 1.165) is 28.5 Å². The fraction of sp³-hybridized carbons (Fsp3) is 0.0435. The molecule has 1 aliphatic heterocycles. The Balaban J connectivity index is 1.53. The first-order valence-electron chi connectivity index (χ1n) is 9.18. The lowest BCUT2D eigenvalue weighted by molar-refractivity contribution is 0.503. The van der Waals surface area contributed by atoms with Gasteiger partial charge in [0, 0.05) is 5.70 Å². The molecule has 4 nitrogen and oxygen atoms in total. The Labute approximate surface area is 166 Å². The van der Waals surface area contributed by atoms with Crippen molar-refractivity contribution in [3.05, 3.63) is 108 Å². The molecule has 6 heteroatoms. The van der Waals surface area contributed by atoms with E-state index in [-0.39, 0.29) is 0 Å². The molecule has 1 aromatic heterocycles. The summed E-state index contributed by atoms with van der Waals surface area (Å²) in [6.45, 7) is 0. The van der Waals surface area contributed by atoms with Gasteiger partial charge < -0.3 is 5.32 Å². The first-order chi connectivity index (χ1) is 14.2. The molecule has 5 rings (SSSR count). The van der Waals surface area contributed by atoms with Crippen LogP contribution in [0.5, 0.6) is 0 Å². The van der Waals surface area contributed by atoms with E-state index < -0.39 is 17.7 Å². The van der Waals surface area contributed by atoms with Gasteiger partial charge in [-0.3, -0.25) is 0 Å². The molecule has 0 saturated heterocycles. The molecule has 0 radical (unpaired) electrons. The Morgan fingerprint density at radius 2 is 1.52 bits per heavy atom. The van der Waals surface area contributed by atoms with Crippen LogP contribution in [0.2, 0.25) is 0 Å². The molecular formula is C23H16F2N4. The van der Waals surface area contributed by atoms with E-state index in [1.54, 1.807) is 10.7 Å². The number of fused-ring (bicyclic) bond motifs is 1. The molecule has 0 spiro atoms. The third-order valence-corrected chi connectivity index (χ3v) is 5.00. The number of halogens is 2. The molecule has 1 atom stereocenters. The molecule has 3 aromatic carbocycles. The van der Waals surface area contributed by atoms with E-state index in [1.165, 1.54) is 12.4 Å². The Hall–Kier alpha value is -3.80. The maximum absolute atomic E-state index is 13.8. The van der Waals surface area contributed by atoms with Gasteiger partial charge >= 0.3 is 0 Å². The highest BCUT2D eigenvalue weighted by atomic mass is 19.2. The van der Waals surface area contributed by atoms with Gasteiger partial charge in [-0.25, -0.2) is 13.5 Å². The molecule has 4 aromatic rings. The highest BCUT2D eigenvalue weighted by Gasteiger charge is 2.24. The average Bonchev–Trinajstić information content (AvgIpc) is 3.24. The van der Waals surface area contributed by atoms with Crippen LogP contribution in [0.15, 0.2) is 85.2 Å². The monoisotopic (exact) mass is 386 g/mol. The lowest BCUT2D eigenvalue weighted by Gasteiger charge is -2.24. The van der Waals surface area contributed by atoms with Crippen molar-refractivity contribution in [2.45, 2.75) is 6.04 Å². The van der Waals surface area contributed by atoms with Gasteiger partial charge in [-0.05, 0) is 40.5 Å². The third-order valence-electron chi connectivity index (χ3n) is 5.00. The number of benzene rings is 3. The number of rotatable bonds is 3. The van der Waals surface area contributed by atoms with Gasteiger partial charge in [0.1, 0.15) is 12.4 Å². The molecular weight excluding hydrogens is 370 g/mol. The van der Waals surface area contributed by atoms with Gasteiger partial charge in [0.05, 0.1) is 0 Å². The van der Waals surface area contributed by atoms with Gasteiger partial charge in [-0.1, -0.05) is 60.7 Å². The van der Waals surface area contributed by atoms with Crippen molar-refractivity contribution >= 4 is 11.6 Å². The number of nitrogens with zero attached hydrogens (tertiary/aromatic N) is 3. The minimum absolute atomic E-state index is 0.396. The number of allylic oxidation sites excluding steroid dienone is 1. The van der Waals surface area contributed by atoms with Gasteiger partial charge in [0.2, 0.25) is 5.95 Å². The topological polar surface area (TPSA) is 42.7 Å². The van der Waals surface area contributed by atoms with Crippen molar-refractivity contribution < 1.29 is 8.78 Å². The lowest BCUT2D eigenvalue weighted by atomic mass is 9.99. The summed E-state index contributed by atoms with van der Waals surface area (Å²) in [5.41, 5.74) is 4.65. The summed E-state index contributed by atoms with van der Waals surface area (Å²) < 4.78 is 28.8. The van der Waals surface area contributed by atoms with Gasteiger partial charge in [-0.2, -0.15) is 10.1 Å². The molecule has 1 unspecified atom stereocenters. The van der Waals surface area contributed by atoms with Gasteiger partial charge in [-0.15, -0.1) is 0 Å². The van der Waals surface area contributed by atoms with Crippen LogP contribution in [-0.4, -0.2) is 14.8 Å². The summed E-state index contributed by atoms with van der Waals surface area (Å²) in [7, 11) is 0. The SMILES string of the molecule is Fc1ccc(C2C=C(c3ccc(-c4ccccc4)cc3)Nc3ncnn32)cc1F. The predicted octanol–water partition coefficient (Wildman–Crippen LogP) is 5.28. The largest absolute Gasteiger partial charge is 0.324 e. The number of aromatic nitrogens is 3. The van der Waals surface area contributed by atoms with E-state index in [9.17, 15) is 8.78 Å². The minimum Gasteiger partial charge on any atom is -0.324 e. The molecule has 0 saturated carbocycles. The first-order valence-corrected chi connectivity index (χ1v) is 9.18. The van der Waals surface area contributed by atoms with Crippen LogP contribution in [0, 0.1) is 11.6 Å². The second-order valence-corrected chi connectivity index (χ2v) is 6.80. The van der Waals surface area contributed by atoms with E-state index in [2.05, 4.69) is 39.7 Å². The zero-order valence-electron chi connectivity index (χ0n) is 15.3. The smallest absolute Gasteiger partial charge is 0.226 e.